The Morgan fingerprint density at radius 3 is 2.70 bits per heavy atom. The smallest absolute Gasteiger partial charge is 0.234 e. The Morgan fingerprint density at radius 2 is 2.00 bits per heavy atom. The zero-order valence-electron chi connectivity index (χ0n) is 21.6. The third kappa shape index (κ3) is 5.35. The van der Waals surface area contributed by atoms with E-state index in [-0.39, 0.29) is 51.4 Å². The van der Waals surface area contributed by atoms with E-state index in [1.165, 1.54) is 41.3 Å². The van der Waals surface area contributed by atoms with Gasteiger partial charge in [-0.1, -0.05) is 72.8 Å². The van der Waals surface area contributed by atoms with Crippen molar-refractivity contribution in [2.75, 3.05) is 16.0 Å². The van der Waals surface area contributed by atoms with E-state index in [0.717, 1.165) is 0 Å². The topological polar surface area (TPSA) is 125 Å². The quantitative estimate of drug-likeness (QED) is 0.333. The van der Waals surface area contributed by atoms with E-state index in [4.69, 9.17) is 17.3 Å². The number of para-hydroxylation sites is 1. The molecule has 2 heterocycles. The van der Waals surface area contributed by atoms with Gasteiger partial charge in [0.15, 0.2) is 10.1 Å². The molecule has 40 heavy (non-hydrogen) atoms. The van der Waals surface area contributed by atoms with Crippen LogP contribution in [-0.2, 0) is 9.59 Å². The van der Waals surface area contributed by atoms with E-state index in [0.29, 0.717) is 27.3 Å². The van der Waals surface area contributed by atoms with Crippen LogP contribution in [0.25, 0.3) is 0 Å². The zero-order valence-corrected chi connectivity index (χ0v) is 24.0. The molecule has 1 aliphatic heterocycles. The average Bonchev–Trinajstić information content (AvgIpc) is 3.35. The molecule has 204 valence electrons. The number of nitrogens with two attached hydrogens (primary N) is 1. The van der Waals surface area contributed by atoms with E-state index in [1.807, 2.05) is 32.0 Å². The van der Waals surface area contributed by atoms with Gasteiger partial charge in [-0.15, -0.1) is 10.2 Å². The first-order valence-electron chi connectivity index (χ1n) is 12.3. The number of aromatic nitrogens is 2. The third-order valence-corrected chi connectivity index (χ3v) is 9.01. The van der Waals surface area contributed by atoms with Crippen LogP contribution in [0.2, 0.25) is 5.02 Å². The van der Waals surface area contributed by atoms with Gasteiger partial charge < -0.3 is 11.1 Å². The van der Waals surface area contributed by atoms with Gasteiger partial charge in [0.1, 0.15) is 11.6 Å². The molecule has 2 aliphatic rings. The molecule has 0 fully saturated rings. The number of Topliss-reactive ketones (excluding diaryl/α,β-unsaturated/α-hetero) is 1. The Balaban J connectivity index is 1.51. The van der Waals surface area contributed by atoms with Gasteiger partial charge in [-0.25, -0.2) is 4.39 Å². The van der Waals surface area contributed by atoms with Crippen molar-refractivity contribution in [3.05, 3.63) is 87.6 Å². The fourth-order valence-electron chi connectivity index (χ4n) is 5.00. The third-order valence-electron chi connectivity index (χ3n) is 6.64. The molecular formula is C28H24ClFN6O2S2. The summed E-state index contributed by atoms with van der Waals surface area (Å²) in [5.41, 5.74) is 7.73. The number of hydrogen-bond acceptors (Lipinski definition) is 9. The lowest BCUT2D eigenvalue weighted by molar-refractivity contribution is -0.118. The van der Waals surface area contributed by atoms with Crippen LogP contribution in [-0.4, -0.2) is 27.6 Å². The number of nitrogens with zero attached hydrogens (tertiary/aromatic N) is 4. The number of hydrogen-bond donors (Lipinski definition) is 2. The number of carbonyl (C=O) groups is 2. The molecule has 1 atom stereocenters. The largest absolute Gasteiger partial charge is 0.384 e. The van der Waals surface area contributed by atoms with Crippen LogP contribution in [0, 0.1) is 22.6 Å². The summed E-state index contributed by atoms with van der Waals surface area (Å²) in [6.45, 7) is 3.93. The summed E-state index contributed by atoms with van der Waals surface area (Å²) >= 11 is 8.81. The number of carbonyl (C=O) groups excluding carboxylic acids is 2. The van der Waals surface area contributed by atoms with Crippen LogP contribution < -0.4 is 16.0 Å². The highest BCUT2D eigenvalue weighted by Gasteiger charge is 2.46. The van der Waals surface area contributed by atoms with Crippen molar-refractivity contribution in [3.8, 4) is 6.07 Å². The van der Waals surface area contributed by atoms with Crippen molar-refractivity contribution < 1.29 is 14.0 Å². The van der Waals surface area contributed by atoms with Crippen LogP contribution >= 0.6 is 34.7 Å². The second kappa shape index (κ2) is 11.0. The lowest BCUT2D eigenvalue weighted by Gasteiger charge is -2.42. The van der Waals surface area contributed by atoms with Crippen LogP contribution in [0.4, 0.5) is 15.2 Å². The highest BCUT2D eigenvalue weighted by Crippen LogP contribution is 2.52. The maximum Gasteiger partial charge on any atom is 0.234 e. The van der Waals surface area contributed by atoms with Crippen molar-refractivity contribution in [1.29, 1.82) is 5.26 Å². The molecule has 5 rings (SSSR count). The minimum absolute atomic E-state index is 0.00504. The summed E-state index contributed by atoms with van der Waals surface area (Å²) in [6.07, 6.45) is 0.645. The minimum Gasteiger partial charge on any atom is -0.384 e. The van der Waals surface area contributed by atoms with Gasteiger partial charge in [-0.05, 0) is 36.1 Å². The maximum atomic E-state index is 15.2. The normalized spacial score (nSPS) is 18.4. The van der Waals surface area contributed by atoms with Crippen LogP contribution in [0.5, 0.6) is 0 Å². The van der Waals surface area contributed by atoms with Gasteiger partial charge in [-0.3, -0.25) is 14.5 Å². The first kappa shape index (κ1) is 27.8. The van der Waals surface area contributed by atoms with Gasteiger partial charge in [0, 0.05) is 34.0 Å². The van der Waals surface area contributed by atoms with Crippen molar-refractivity contribution in [2.24, 2.45) is 11.1 Å². The van der Waals surface area contributed by atoms with E-state index in [1.54, 1.807) is 17.0 Å². The maximum absolute atomic E-state index is 15.2. The summed E-state index contributed by atoms with van der Waals surface area (Å²) in [5, 5.41) is 22.0. The van der Waals surface area contributed by atoms with E-state index in [9.17, 15) is 14.9 Å². The summed E-state index contributed by atoms with van der Waals surface area (Å²) < 4.78 is 15.7. The number of halogens is 2. The zero-order chi connectivity index (χ0) is 28.6. The van der Waals surface area contributed by atoms with Gasteiger partial charge in [-0.2, -0.15) is 5.26 Å². The number of thioether (sulfide) groups is 1. The molecular weight excluding hydrogens is 571 g/mol. The van der Waals surface area contributed by atoms with Crippen molar-refractivity contribution >= 4 is 57.2 Å². The summed E-state index contributed by atoms with van der Waals surface area (Å²) in [6, 6.07) is 15.5. The van der Waals surface area contributed by atoms with Crippen LogP contribution in [0.15, 0.2) is 75.5 Å². The van der Waals surface area contributed by atoms with Gasteiger partial charge >= 0.3 is 0 Å². The molecule has 3 aromatic rings. The Labute approximate surface area is 243 Å². The summed E-state index contributed by atoms with van der Waals surface area (Å²) in [5.74, 6) is -1.95. The number of ketones is 1. The lowest BCUT2D eigenvalue weighted by atomic mass is 9.68. The second-order valence-electron chi connectivity index (χ2n) is 10.2. The Morgan fingerprint density at radius 1 is 1.25 bits per heavy atom. The average molecular weight is 595 g/mol. The first-order valence-corrected chi connectivity index (χ1v) is 14.5. The highest BCUT2D eigenvalue weighted by molar-refractivity contribution is 8.01. The molecule has 0 spiro atoms. The number of nitriles is 1. The highest BCUT2D eigenvalue weighted by atomic mass is 35.5. The Hall–Kier alpha value is -3.72. The van der Waals surface area contributed by atoms with Crippen molar-refractivity contribution in [3.63, 3.8) is 0 Å². The molecule has 1 amide bonds. The van der Waals surface area contributed by atoms with E-state index >= 15 is 4.39 Å². The van der Waals surface area contributed by atoms with Gasteiger partial charge in [0.05, 0.1) is 23.3 Å². The Bertz CT molecular complexity index is 1590. The van der Waals surface area contributed by atoms with Gasteiger partial charge in [0.25, 0.3) is 0 Å². The number of anilines is 2. The fraction of sp³-hybridized carbons (Fsp3) is 0.250. The molecule has 0 saturated carbocycles. The molecule has 12 heteroatoms. The number of allylic oxidation sites excluding steroid dienone is 3. The summed E-state index contributed by atoms with van der Waals surface area (Å²) in [4.78, 5) is 27.6. The molecule has 3 N–H and O–H groups in total. The molecule has 0 bridgehead atoms. The van der Waals surface area contributed by atoms with Crippen LogP contribution in [0.1, 0.15) is 38.2 Å². The number of rotatable bonds is 6. The summed E-state index contributed by atoms with van der Waals surface area (Å²) in [7, 11) is 0. The van der Waals surface area contributed by atoms with Crippen molar-refractivity contribution in [1.82, 2.24) is 10.2 Å². The standard InChI is InChI=1S/C28H24ClFN6O2S2/c1-28(2)11-19-24(20(37)12-28)22(23-17(29)9-6-10-18(23)30)16(13-31)25(32)36(19)26-34-35-27(40-26)39-14-21(38)33-15-7-4-3-5-8-15/h3-10,22H,11-12,14,32H2,1-2H3,(H,33,38). The predicted molar refractivity (Wildman–Crippen MR) is 154 cm³/mol. The number of benzene rings is 2. The Kier molecular flexibility index (Phi) is 7.68. The molecule has 2 aromatic carbocycles. The number of amides is 1. The molecule has 8 nitrogen and oxygen atoms in total. The molecule has 1 aliphatic carbocycles. The predicted octanol–water partition coefficient (Wildman–Crippen LogP) is 6.00. The lowest BCUT2D eigenvalue weighted by Crippen LogP contribution is -2.42. The molecule has 0 radical (unpaired) electrons. The van der Waals surface area contributed by atoms with Gasteiger partial charge in [0.2, 0.25) is 11.0 Å². The molecule has 0 saturated heterocycles. The minimum atomic E-state index is -1.04. The monoisotopic (exact) mass is 594 g/mol. The second-order valence-corrected chi connectivity index (χ2v) is 12.8. The first-order chi connectivity index (χ1) is 19.1. The van der Waals surface area contributed by atoms with E-state index in [2.05, 4.69) is 21.6 Å². The number of nitrogens with one attached hydrogen (secondary N) is 1. The SMILES string of the molecule is CC1(C)CC(=O)C2=C(C1)N(c1nnc(SCC(=O)Nc3ccccc3)s1)C(N)=C(C#N)C2c1c(F)cccc1Cl. The van der Waals surface area contributed by atoms with Crippen molar-refractivity contribution in [2.45, 2.75) is 36.9 Å². The molecule has 1 unspecified atom stereocenters. The molecule has 1 aromatic heterocycles. The van der Waals surface area contributed by atoms with E-state index < -0.39 is 17.2 Å². The fourth-order valence-corrected chi connectivity index (χ4v) is 6.95. The van der Waals surface area contributed by atoms with Crippen LogP contribution in [0.3, 0.4) is 0 Å².